The number of piperidine rings is 1. The highest BCUT2D eigenvalue weighted by Gasteiger charge is 2.32. The Morgan fingerprint density at radius 1 is 1.40 bits per heavy atom. The Labute approximate surface area is 129 Å². The Hall–Kier alpha value is -0.330. The molecule has 2 rings (SSSR count). The van der Waals surface area contributed by atoms with Gasteiger partial charge in [-0.3, -0.25) is 0 Å². The molecule has 112 valence electrons. The van der Waals surface area contributed by atoms with Crippen molar-refractivity contribution in [3.63, 3.8) is 0 Å². The number of sulfonamides is 1. The van der Waals surface area contributed by atoms with Crippen molar-refractivity contribution < 1.29 is 8.42 Å². The van der Waals surface area contributed by atoms with Crippen LogP contribution < -0.4 is 5.73 Å². The first kappa shape index (κ1) is 16.0. The molecule has 1 saturated heterocycles. The van der Waals surface area contributed by atoms with Crippen LogP contribution in [0.25, 0.3) is 0 Å². The summed E-state index contributed by atoms with van der Waals surface area (Å²) >= 11 is 11.9. The Morgan fingerprint density at radius 2 is 2.10 bits per heavy atom. The van der Waals surface area contributed by atoms with Crippen LogP contribution >= 0.6 is 23.2 Å². The van der Waals surface area contributed by atoms with Crippen LogP contribution in [0.2, 0.25) is 10.0 Å². The second-order valence-electron chi connectivity index (χ2n) is 5.20. The number of benzene rings is 1. The van der Waals surface area contributed by atoms with Crippen molar-refractivity contribution in [2.75, 3.05) is 13.1 Å². The molecule has 0 saturated carbocycles. The predicted molar refractivity (Wildman–Crippen MR) is 81.6 cm³/mol. The lowest BCUT2D eigenvalue weighted by atomic mass is 9.93. The Kier molecular flexibility index (Phi) is 4.97. The summed E-state index contributed by atoms with van der Waals surface area (Å²) in [6.07, 6.45) is 1.76. The molecular weight excluding hydrogens is 319 g/mol. The monoisotopic (exact) mass is 336 g/mol. The summed E-state index contributed by atoms with van der Waals surface area (Å²) in [5.74, 6) is 0.177. The van der Waals surface area contributed by atoms with Gasteiger partial charge in [-0.2, -0.15) is 4.31 Å². The second kappa shape index (κ2) is 6.20. The van der Waals surface area contributed by atoms with E-state index in [9.17, 15) is 8.42 Å². The van der Waals surface area contributed by atoms with Gasteiger partial charge in [-0.1, -0.05) is 23.2 Å². The van der Waals surface area contributed by atoms with Crippen LogP contribution in [0.15, 0.2) is 23.1 Å². The van der Waals surface area contributed by atoms with Crippen LogP contribution in [-0.2, 0) is 10.0 Å². The van der Waals surface area contributed by atoms with Gasteiger partial charge < -0.3 is 5.73 Å². The second-order valence-corrected chi connectivity index (χ2v) is 7.95. The lowest BCUT2D eigenvalue weighted by Gasteiger charge is -2.33. The molecule has 0 aliphatic carbocycles. The highest BCUT2D eigenvalue weighted by atomic mass is 35.5. The Morgan fingerprint density at radius 3 is 2.75 bits per heavy atom. The highest BCUT2D eigenvalue weighted by molar-refractivity contribution is 7.89. The van der Waals surface area contributed by atoms with E-state index in [1.165, 1.54) is 16.4 Å². The van der Waals surface area contributed by atoms with Gasteiger partial charge in [-0.05, 0) is 43.9 Å². The van der Waals surface area contributed by atoms with Crippen LogP contribution in [-0.4, -0.2) is 31.9 Å². The molecule has 0 radical (unpaired) electrons. The third kappa shape index (κ3) is 3.28. The summed E-state index contributed by atoms with van der Waals surface area (Å²) in [7, 11) is -3.62. The molecule has 7 heteroatoms. The van der Waals surface area contributed by atoms with E-state index >= 15 is 0 Å². The number of hydrogen-bond acceptors (Lipinski definition) is 3. The molecule has 20 heavy (non-hydrogen) atoms. The molecule has 1 aromatic rings. The molecule has 1 aliphatic heterocycles. The van der Waals surface area contributed by atoms with Crippen LogP contribution in [0, 0.1) is 5.92 Å². The van der Waals surface area contributed by atoms with Crippen molar-refractivity contribution in [1.29, 1.82) is 0 Å². The van der Waals surface area contributed by atoms with Gasteiger partial charge in [0.25, 0.3) is 0 Å². The van der Waals surface area contributed by atoms with Crippen molar-refractivity contribution in [3.8, 4) is 0 Å². The topological polar surface area (TPSA) is 63.4 Å². The highest BCUT2D eigenvalue weighted by Crippen LogP contribution is 2.30. The lowest BCUT2D eigenvalue weighted by Crippen LogP contribution is -2.45. The zero-order valence-electron chi connectivity index (χ0n) is 11.2. The van der Waals surface area contributed by atoms with Gasteiger partial charge in [0.05, 0.1) is 5.02 Å². The van der Waals surface area contributed by atoms with E-state index in [0.29, 0.717) is 18.1 Å². The minimum atomic E-state index is -3.62. The van der Waals surface area contributed by atoms with Gasteiger partial charge in [-0.25, -0.2) is 8.42 Å². The molecular formula is C13H18Cl2N2O2S. The fraction of sp³-hybridized carbons (Fsp3) is 0.538. The van der Waals surface area contributed by atoms with Gasteiger partial charge >= 0.3 is 0 Å². The van der Waals surface area contributed by atoms with E-state index < -0.39 is 10.0 Å². The maximum Gasteiger partial charge on any atom is 0.244 e. The molecule has 1 heterocycles. The average Bonchev–Trinajstić information content (AvgIpc) is 2.41. The van der Waals surface area contributed by atoms with E-state index in [0.717, 1.165) is 12.8 Å². The summed E-state index contributed by atoms with van der Waals surface area (Å²) in [5, 5.41) is 0.547. The average molecular weight is 337 g/mol. The number of nitrogens with two attached hydrogens (primary N) is 1. The standard InChI is InChI=1S/C13H18Cl2N2O2S/c1-9(16)10-3-2-6-17(8-10)20(18,19)13-7-11(14)4-5-12(13)15/h4-5,7,9-10H,2-3,6,8,16H2,1H3. The van der Waals surface area contributed by atoms with E-state index in [1.54, 1.807) is 6.07 Å². The van der Waals surface area contributed by atoms with Gasteiger partial charge in [0.2, 0.25) is 10.0 Å². The maximum absolute atomic E-state index is 12.7. The minimum absolute atomic E-state index is 0.0252. The number of hydrogen-bond donors (Lipinski definition) is 1. The zero-order chi connectivity index (χ0) is 14.9. The maximum atomic E-state index is 12.7. The first-order valence-corrected chi connectivity index (χ1v) is 8.72. The molecule has 1 fully saturated rings. The van der Waals surface area contributed by atoms with E-state index in [-0.39, 0.29) is 21.9 Å². The van der Waals surface area contributed by atoms with Crippen molar-refractivity contribution >= 4 is 33.2 Å². The van der Waals surface area contributed by atoms with Crippen molar-refractivity contribution in [1.82, 2.24) is 4.31 Å². The fourth-order valence-corrected chi connectivity index (χ4v) is 4.71. The normalized spacial score (nSPS) is 22.7. The molecule has 0 bridgehead atoms. The molecule has 2 unspecified atom stereocenters. The van der Waals surface area contributed by atoms with Crippen LogP contribution in [0.1, 0.15) is 19.8 Å². The quantitative estimate of drug-likeness (QED) is 0.922. The summed E-state index contributed by atoms with van der Waals surface area (Å²) < 4.78 is 26.8. The van der Waals surface area contributed by atoms with Gasteiger partial charge in [0.1, 0.15) is 4.90 Å². The molecule has 2 atom stereocenters. The lowest BCUT2D eigenvalue weighted by molar-refractivity contribution is 0.243. The molecule has 1 aromatic carbocycles. The van der Waals surface area contributed by atoms with E-state index in [2.05, 4.69) is 0 Å². The number of halogens is 2. The molecule has 4 nitrogen and oxygen atoms in total. The van der Waals surface area contributed by atoms with E-state index in [4.69, 9.17) is 28.9 Å². The molecule has 0 amide bonds. The summed E-state index contributed by atoms with van der Waals surface area (Å²) in [4.78, 5) is 0.0667. The Balaban J connectivity index is 2.32. The predicted octanol–water partition coefficient (Wildman–Crippen LogP) is 2.74. The van der Waals surface area contributed by atoms with Crippen molar-refractivity contribution in [2.45, 2.75) is 30.7 Å². The SMILES string of the molecule is CC(N)C1CCCN(S(=O)(=O)c2cc(Cl)ccc2Cl)C1. The third-order valence-electron chi connectivity index (χ3n) is 3.68. The Bertz CT molecular complexity index is 590. The van der Waals surface area contributed by atoms with Gasteiger partial charge in [-0.15, -0.1) is 0 Å². The fourth-order valence-electron chi connectivity index (χ4n) is 2.44. The summed E-state index contributed by atoms with van der Waals surface area (Å²) in [5.41, 5.74) is 5.90. The van der Waals surface area contributed by atoms with E-state index in [1.807, 2.05) is 6.92 Å². The minimum Gasteiger partial charge on any atom is -0.328 e. The molecule has 0 aromatic heterocycles. The number of rotatable bonds is 3. The summed E-state index contributed by atoms with van der Waals surface area (Å²) in [6, 6.07) is 4.45. The third-order valence-corrected chi connectivity index (χ3v) is 6.26. The first-order chi connectivity index (χ1) is 9.32. The largest absolute Gasteiger partial charge is 0.328 e. The van der Waals surface area contributed by atoms with Crippen LogP contribution in [0.3, 0.4) is 0 Å². The zero-order valence-corrected chi connectivity index (χ0v) is 13.5. The smallest absolute Gasteiger partial charge is 0.244 e. The van der Waals surface area contributed by atoms with Crippen LogP contribution in [0.5, 0.6) is 0 Å². The molecule has 0 spiro atoms. The number of nitrogens with zero attached hydrogens (tertiary/aromatic N) is 1. The van der Waals surface area contributed by atoms with Crippen LogP contribution in [0.4, 0.5) is 0 Å². The molecule has 2 N–H and O–H groups in total. The van der Waals surface area contributed by atoms with Crippen molar-refractivity contribution in [2.24, 2.45) is 11.7 Å². The summed E-state index contributed by atoms with van der Waals surface area (Å²) in [6.45, 7) is 2.84. The first-order valence-electron chi connectivity index (χ1n) is 6.53. The molecule has 1 aliphatic rings. The van der Waals surface area contributed by atoms with Gasteiger partial charge in [0.15, 0.2) is 0 Å². The van der Waals surface area contributed by atoms with Crippen molar-refractivity contribution in [3.05, 3.63) is 28.2 Å². The van der Waals surface area contributed by atoms with Gasteiger partial charge in [0, 0.05) is 24.2 Å².